The van der Waals surface area contributed by atoms with E-state index in [-0.39, 0.29) is 11.9 Å². The van der Waals surface area contributed by atoms with Crippen LogP contribution in [0.1, 0.15) is 18.4 Å². The van der Waals surface area contributed by atoms with Crippen LogP contribution in [0.25, 0.3) is 0 Å². The molecule has 0 saturated carbocycles. The third-order valence-electron chi connectivity index (χ3n) is 3.10. The normalized spacial score (nSPS) is 19.3. The van der Waals surface area contributed by atoms with E-state index in [4.69, 9.17) is 11.6 Å². The van der Waals surface area contributed by atoms with Crippen LogP contribution in [-0.4, -0.2) is 30.4 Å². The lowest BCUT2D eigenvalue weighted by atomic mass is 10.1. The van der Waals surface area contributed by atoms with Crippen LogP contribution < -0.4 is 5.32 Å². The van der Waals surface area contributed by atoms with Crippen molar-refractivity contribution in [1.82, 2.24) is 10.2 Å². The van der Waals surface area contributed by atoms with Gasteiger partial charge in [0.05, 0.1) is 6.04 Å². The first kappa shape index (κ1) is 12.4. The molecule has 1 fully saturated rings. The van der Waals surface area contributed by atoms with Crippen LogP contribution in [0, 0.1) is 0 Å². The van der Waals surface area contributed by atoms with Crippen LogP contribution in [0.4, 0.5) is 0 Å². The lowest BCUT2D eigenvalue weighted by molar-refractivity contribution is -0.132. The highest BCUT2D eigenvalue weighted by molar-refractivity contribution is 6.31. The van der Waals surface area contributed by atoms with Gasteiger partial charge >= 0.3 is 0 Å². The maximum Gasteiger partial charge on any atom is 0.239 e. The van der Waals surface area contributed by atoms with E-state index in [1.54, 1.807) is 4.90 Å². The van der Waals surface area contributed by atoms with Crippen molar-refractivity contribution in [3.05, 3.63) is 34.9 Å². The second-order valence-corrected chi connectivity index (χ2v) is 4.84. The average molecular weight is 253 g/mol. The van der Waals surface area contributed by atoms with Crippen molar-refractivity contribution in [3.8, 4) is 0 Å². The molecule has 1 saturated heterocycles. The molecule has 1 N–H and O–H groups in total. The zero-order valence-corrected chi connectivity index (χ0v) is 10.7. The summed E-state index contributed by atoms with van der Waals surface area (Å²) in [5, 5.41) is 3.93. The Kier molecular flexibility index (Phi) is 4.02. The van der Waals surface area contributed by atoms with Gasteiger partial charge in [0.2, 0.25) is 5.91 Å². The van der Waals surface area contributed by atoms with Crippen molar-refractivity contribution in [3.63, 3.8) is 0 Å². The first-order valence-electron chi connectivity index (χ1n) is 5.90. The van der Waals surface area contributed by atoms with E-state index in [0.29, 0.717) is 11.6 Å². The Bertz CT molecular complexity index is 402. The number of nitrogens with zero attached hydrogens (tertiary/aromatic N) is 1. The van der Waals surface area contributed by atoms with Crippen LogP contribution in [0.2, 0.25) is 5.02 Å². The highest BCUT2D eigenvalue weighted by Crippen LogP contribution is 2.17. The summed E-state index contributed by atoms with van der Waals surface area (Å²) >= 11 is 6.08. The molecule has 3 nitrogen and oxygen atoms in total. The van der Waals surface area contributed by atoms with Gasteiger partial charge in [0.25, 0.3) is 0 Å². The van der Waals surface area contributed by atoms with E-state index in [2.05, 4.69) is 5.32 Å². The second kappa shape index (κ2) is 5.52. The van der Waals surface area contributed by atoms with Crippen molar-refractivity contribution in [2.24, 2.45) is 0 Å². The fourth-order valence-electron chi connectivity index (χ4n) is 2.12. The molecule has 17 heavy (non-hydrogen) atoms. The summed E-state index contributed by atoms with van der Waals surface area (Å²) in [4.78, 5) is 13.8. The summed E-state index contributed by atoms with van der Waals surface area (Å²) in [7, 11) is 1.83. The van der Waals surface area contributed by atoms with Crippen molar-refractivity contribution >= 4 is 17.5 Å². The first-order valence-corrected chi connectivity index (χ1v) is 6.28. The van der Waals surface area contributed by atoms with E-state index in [9.17, 15) is 4.79 Å². The summed E-state index contributed by atoms with van der Waals surface area (Å²) in [6, 6.07) is 7.62. The molecule has 0 aromatic heterocycles. The molecule has 0 radical (unpaired) electrons. The number of rotatable bonds is 3. The molecule has 1 atom stereocenters. The number of hydrogen-bond acceptors (Lipinski definition) is 2. The second-order valence-electron chi connectivity index (χ2n) is 4.43. The molecule has 0 aliphatic carbocycles. The highest BCUT2D eigenvalue weighted by atomic mass is 35.5. The lowest BCUT2D eigenvalue weighted by Crippen LogP contribution is -2.41. The summed E-state index contributed by atoms with van der Waals surface area (Å²) < 4.78 is 0. The van der Waals surface area contributed by atoms with E-state index >= 15 is 0 Å². The van der Waals surface area contributed by atoms with Gasteiger partial charge in [-0.3, -0.25) is 4.79 Å². The quantitative estimate of drug-likeness (QED) is 0.893. The number of halogens is 1. The number of amides is 1. The molecular weight excluding hydrogens is 236 g/mol. The van der Waals surface area contributed by atoms with Crippen LogP contribution in [-0.2, 0) is 11.3 Å². The number of likely N-dealkylation sites (N-methyl/N-ethyl adjacent to an activating group) is 1. The molecule has 1 aliphatic heterocycles. The minimum Gasteiger partial charge on any atom is -0.340 e. The number of carbonyl (C=O) groups is 1. The van der Waals surface area contributed by atoms with Crippen LogP contribution in [0.15, 0.2) is 24.3 Å². The molecule has 0 spiro atoms. The van der Waals surface area contributed by atoms with Crippen LogP contribution in [0.3, 0.4) is 0 Å². The van der Waals surface area contributed by atoms with Gasteiger partial charge in [0, 0.05) is 18.6 Å². The van der Waals surface area contributed by atoms with E-state index in [1.807, 2.05) is 31.3 Å². The molecule has 2 rings (SSSR count). The minimum absolute atomic E-state index is 0.0116. The molecule has 4 heteroatoms. The largest absolute Gasteiger partial charge is 0.340 e. The third kappa shape index (κ3) is 2.99. The lowest BCUT2D eigenvalue weighted by Gasteiger charge is -2.21. The Balaban J connectivity index is 1.99. The molecule has 1 aliphatic rings. The smallest absolute Gasteiger partial charge is 0.239 e. The maximum atomic E-state index is 12.1. The van der Waals surface area contributed by atoms with Crippen LogP contribution in [0.5, 0.6) is 0 Å². The van der Waals surface area contributed by atoms with Gasteiger partial charge in [-0.25, -0.2) is 0 Å². The zero-order chi connectivity index (χ0) is 12.3. The van der Waals surface area contributed by atoms with Gasteiger partial charge in [-0.15, -0.1) is 0 Å². The number of benzene rings is 1. The Morgan fingerprint density at radius 1 is 1.53 bits per heavy atom. The van der Waals surface area contributed by atoms with E-state index < -0.39 is 0 Å². The predicted octanol–water partition coefficient (Wildman–Crippen LogP) is 2.05. The van der Waals surface area contributed by atoms with Crippen molar-refractivity contribution in [2.45, 2.75) is 25.4 Å². The summed E-state index contributed by atoms with van der Waals surface area (Å²) in [5.41, 5.74) is 0.989. The van der Waals surface area contributed by atoms with Gasteiger partial charge in [0.15, 0.2) is 0 Å². The molecule has 1 aromatic rings. The maximum absolute atomic E-state index is 12.1. The third-order valence-corrected chi connectivity index (χ3v) is 3.47. The van der Waals surface area contributed by atoms with Crippen molar-refractivity contribution < 1.29 is 4.79 Å². The Morgan fingerprint density at radius 2 is 2.29 bits per heavy atom. The van der Waals surface area contributed by atoms with E-state index in [0.717, 1.165) is 24.9 Å². The Morgan fingerprint density at radius 3 is 2.94 bits per heavy atom. The predicted molar refractivity (Wildman–Crippen MR) is 69.0 cm³/mol. The van der Waals surface area contributed by atoms with E-state index in [1.165, 1.54) is 0 Å². The average Bonchev–Trinajstić information content (AvgIpc) is 2.84. The van der Waals surface area contributed by atoms with Gasteiger partial charge in [-0.05, 0) is 31.0 Å². The number of nitrogens with one attached hydrogen (secondary N) is 1. The summed E-state index contributed by atoms with van der Waals surface area (Å²) in [5.74, 6) is 0.155. The fourth-order valence-corrected chi connectivity index (χ4v) is 2.32. The first-order chi connectivity index (χ1) is 8.18. The van der Waals surface area contributed by atoms with Gasteiger partial charge in [-0.1, -0.05) is 29.8 Å². The fraction of sp³-hybridized carbons (Fsp3) is 0.462. The number of carbonyl (C=O) groups excluding carboxylic acids is 1. The van der Waals surface area contributed by atoms with Gasteiger partial charge in [0.1, 0.15) is 0 Å². The zero-order valence-electron chi connectivity index (χ0n) is 9.95. The van der Waals surface area contributed by atoms with Gasteiger partial charge < -0.3 is 10.2 Å². The summed E-state index contributed by atoms with van der Waals surface area (Å²) in [6.45, 7) is 1.51. The molecular formula is C13H17ClN2O. The highest BCUT2D eigenvalue weighted by Gasteiger charge is 2.24. The van der Waals surface area contributed by atoms with Crippen LogP contribution >= 0.6 is 11.6 Å². The molecule has 92 valence electrons. The SMILES string of the molecule is CN(Cc1ccccc1Cl)C(=O)[C@H]1CCCN1. The minimum atomic E-state index is -0.0116. The van der Waals surface area contributed by atoms with Gasteiger partial charge in [-0.2, -0.15) is 0 Å². The standard InChI is InChI=1S/C13H17ClN2O/c1-16(13(17)12-7-4-8-15-12)9-10-5-2-3-6-11(10)14/h2-3,5-6,12,15H,4,7-9H2,1H3/t12-/m1/s1. The Hall–Kier alpha value is -1.06. The molecule has 1 amide bonds. The number of hydrogen-bond donors (Lipinski definition) is 1. The topological polar surface area (TPSA) is 32.3 Å². The molecule has 1 heterocycles. The summed E-state index contributed by atoms with van der Waals surface area (Å²) in [6.07, 6.45) is 2.02. The molecule has 0 unspecified atom stereocenters. The Labute approximate surface area is 107 Å². The van der Waals surface area contributed by atoms with Crippen molar-refractivity contribution in [2.75, 3.05) is 13.6 Å². The van der Waals surface area contributed by atoms with Crippen molar-refractivity contribution in [1.29, 1.82) is 0 Å². The molecule has 0 bridgehead atoms. The monoisotopic (exact) mass is 252 g/mol. The molecule has 1 aromatic carbocycles.